The third kappa shape index (κ3) is 4.31. The van der Waals surface area contributed by atoms with Crippen molar-refractivity contribution in [3.8, 4) is 5.75 Å². The largest absolute Gasteiger partial charge is 0.496 e. The fourth-order valence-corrected chi connectivity index (χ4v) is 2.93. The van der Waals surface area contributed by atoms with Crippen molar-refractivity contribution in [3.05, 3.63) is 62.5 Å². The zero-order chi connectivity index (χ0) is 15.2. The zero-order valence-electron chi connectivity index (χ0n) is 12.2. The number of methoxy groups -OCH3 is 1. The number of ether oxygens (including phenoxy) is 1. The summed E-state index contributed by atoms with van der Waals surface area (Å²) >= 11 is 7.05. The molecule has 0 fully saturated rings. The standard InChI is InChI=1S/C17H19Br2NO/c1-3-10-20-17(12-4-6-13(18)7-5-12)15-11-14(19)8-9-16(15)21-2/h4-9,11,17,20H,3,10H2,1-2H3. The van der Waals surface area contributed by atoms with Crippen LogP contribution in [-0.2, 0) is 0 Å². The molecule has 2 aromatic rings. The van der Waals surface area contributed by atoms with Crippen molar-refractivity contribution in [1.82, 2.24) is 5.32 Å². The Balaban J connectivity index is 2.44. The first-order valence-corrected chi connectivity index (χ1v) is 8.56. The van der Waals surface area contributed by atoms with E-state index in [-0.39, 0.29) is 6.04 Å². The number of halogens is 2. The molecule has 2 aromatic carbocycles. The molecule has 0 aliphatic heterocycles. The second kappa shape index (κ2) is 7.97. The third-order valence-corrected chi connectivity index (χ3v) is 4.33. The lowest BCUT2D eigenvalue weighted by Crippen LogP contribution is -2.23. The van der Waals surface area contributed by atoms with Gasteiger partial charge in [0.1, 0.15) is 5.75 Å². The van der Waals surface area contributed by atoms with Gasteiger partial charge in [-0.25, -0.2) is 0 Å². The second-order valence-electron chi connectivity index (χ2n) is 4.82. The molecule has 0 aliphatic carbocycles. The Morgan fingerprint density at radius 1 is 1.05 bits per heavy atom. The van der Waals surface area contributed by atoms with Crippen LogP contribution in [0.2, 0.25) is 0 Å². The van der Waals surface area contributed by atoms with Crippen LogP contribution in [0, 0.1) is 0 Å². The highest BCUT2D eigenvalue weighted by atomic mass is 79.9. The summed E-state index contributed by atoms with van der Waals surface area (Å²) in [5, 5.41) is 3.61. The maximum Gasteiger partial charge on any atom is 0.124 e. The maximum atomic E-state index is 5.54. The van der Waals surface area contributed by atoms with Gasteiger partial charge in [-0.15, -0.1) is 0 Å². The minimum absolute atomic E-state index is 0.116. The first-order chi connectivity index (χ1) is 10.2. The molecule has 21 heavy (non-hydrogen) atoms. The van der Waals surface area contributed by atoms with Gasteiger partial charge in [-0.3, -0.25) is 0 Å². The number of nitrogens with one attached hydrogen (secondary N) is 1. The van der Waals surface area contributed by atoms with Crippen LogP contribution < -0.4 is 10.1 Å². The molecule has 2 nitrogen and oxygen atoms in total. The molecule has 0 aromatic heterocycles. The van der Waals surface area contributed by atoms with Crippen molar-refractivity contribution >= 4 is 31.9 Å². The summed E-state index contributed by atoms with van der Waals surface area (Å²) in [5.41, 5.74) is 2.37. The zero-order valence-corrected chi connectivity index (χ0v) is 15.4. The molecule has 1 unspecified atom stereocenters. The van der Waals surface area contributed by atoms with Crippen molar-refractivity contribution in [1.29, 1.82) is 0 Å². The van der Waals surface area contributed by atoms with Crippen LogP contribution in [0.25, 0.3) is 0 Å². The Labute approximate surface area is 143 Å². The van der Waals surface area contributed by atoms with Crippen LogP contribution in [0.5, 0.6) is 5.75 Å². The van der Waals surface area contributed by atoms with Gasteiger partial charge in [0.25, 0.3) is 0 Å². The van der Waals surface area contributed by atoms with Gasteiger partial charge in [-0.05, 0) is 48.9 Å². The van der Waals surface area contributed by atoms with E-state index in [0.29, 0.717) is 0 Å². The molecular formula is C17H19Br2NO. The van der Waals surface area contributed by atoms with Crippen molar-refractivity contribution in [3.63, 3.8) is 0 Å². The van der Waals surface area contributed by atoms with Crippen molar-refractivity contribution < 1.29 is 4.74 Å². The summed E-state index contributed by atoms with van der Waals surface area (Å²) in [7, 11) is 1.71. The summed E-state index contributed by atoms with van der Waals surface area (Å²) in [6, 6.07) is 14.6. The minimum Gasteiger partial charge on any atom is -0.496 e. The van der Waals surface area contributed by atoms with Crippen molar-refractivity contribution in [2.24, 2.45) is 0 Å². The topological polar surface area (TPSA) is 21.3 Å². The molecule has 0 saturated heterocycles. The average molecular weight is 413 g/mol. The van der Waals surface area contributed by atoms with Gasteiger partial charge in [0.15, 0.2) is 0 Å². The fourth-order valence-electron chi connectivity index (χ4n) is 2.28. The summed E-state index contributed by atoms with van der Waals surface area (Å²) in [6.07, 6.45) is 1.09. The van der Waals surface area contributed by atoms with E-state index in [1.165, 1.54) is 5.56 Å². The van der Waals surface area contributed by atoms with E-state index in [4.69, 9.17) is 4.74 Å². The lowest BCUT2D eigenvalue weighted by atomic mass is 9.97. The Bertz CT molecular complexity index is 584. The highest BCUT2D eigenvalue weighted by Crippen LogP contribution is 2.33. The van der Waals surface area contributed by atoms with Crippen LogP contribution in [0.1, 0.15) is 30.5 Å². The third-order valence-electron chi connectivity index (χ3n) is 3.30. The highest BCUT2D eigenvalue weighted by molar-refractivity contribution is 9.10. The summed E-state index contributed by atoms with van der Waals surface area (Å²) in [5.74, 6) is 0.898. The van der Waals surface area contributed by atoms with Crippen LogP contribution in [0.15, 0.2) is 51.4 Å². The van der Waals surface area contributed by atoms with Gasteiger partial charge in [0.2, 0.25) is 0 Å². The highest BCUT2D eigenvalue weighted by Gasteiger charge is 2.18. The van der Waals surface area contributed by atoms with Gasteiger partial charge in [0.05, 0.1) is 13.2 Å². The first-order valence-electron chi connectivity index (χ1n) is 6.98. The molecule has 0 radical (unpaired) electrons. The van der Waals surface area contributed by atoms with E-state index in [1.807, 2.05) is 12.1 Å². The molecule has 0 amide bonds. The molecule has 1 N–H and O–H groups in total. The quantitative estimate of drug-likeness (QED) is 0.694. The Hall–Kier alpha value is -0.840. The van der Waals surface area contributed by atoms with Crippen molar-refractivity contribution in [2.75, 3.05) is 13.7 Å². The van der Waals surface area contributed by atoms with Crippen LogP contribution in [0.3, 0.4) is 0 Å². The fraction of sp³-hybridized carbons (Fsp3) is 0.294. The molecule has 0 heterocycles. The van der Waals surface area contributed by atoms with Gasteiger partial charge in [-0.1, -0.05) is 50.9 Å². The number of benzene rings is 2. The van der Waals surface area contributed by atoms with Gasteiger partial charge in [0, 0.05) is 14.5 Å². The maximum absolute atomic E-state index is 5.54. The van der Waals surface area contributed by atoms with E-state index in [0.717, 1.165) is 33.2 Å². The molecule has 0 saturated carbocycles. The lowest BCUT2D eigenvalue weighted by molar-refractivity contribution is 0.403. The van der Waals surface area contributed by atoms with Gasteiger partial charge >= 0.3 is 0 Å². The molecule has 1 atom stereocenters. The second-order valence-corrected chi connectivity index (χ2v) is 6.66. The number of rotatable bonds is 6. The molecule has 0 spiro atoms. The monoisotopic (exact) mass is 411 g/mol. The molecule has 0 aliphatic rings. The summed E-state index contributed by atoms with van der Waals surface area (Å²) in [4.78, 5) is 0. The molecule has 112 valence electrons. The van der Waals surface area contributed by atoms with Crippen LogP contribution in [-0.4, -0.2) is 13.7 Å². The smallest absolute Gasteiger partial charge is 0.124 e. The summed E-state index contributed by atoms with van der Waals surface area (Å²) < 4.78 is 7.68. The van der Waals surface area contributed by atoms with E-state index in [2.05, 4.69) is 74.4 Å². The Morgan fingerprint density at radius 2 is 1.71 bits per heavy atom. The van der Waals surface area contributed by atoms with E-state index >= 15 is 0 Å². The Morgan fingerprint density at radius 3 is 2.33 bits per heavy atom. The Kier molecular flexibility index (Phi) is 6.27. The predicted octanol–water partition coefficient (Wildman–Crippen LogP) is 5.31. The lowest BCUT2D eigenvalue weighted by Gasteiger charge is -2.22. The molecule has 4 heteroatoms. The minimum atomic E-state index is 0.116. The van der Waals surface area contributed by atoms with E-state index in [1.54, 1.807) is 7.11 Å². The predicted molar refractivity (Wildman–Crippen MR) is 95.0 cm³/mol. The van der Waals surface area contributed by atoms with E-state index < -0.39 is 0 Å². The van der Waals surface area contributed by atoms with Crippen molar-refractivity contribution in [2.45, 2.75) is 19.4 Å². The van der Waals surface area contributed by atoms with Gasteiger partial charge in [-0.2, -0.15) is 0 Å². The molecule has 2 rings (SSSR count). The number of hydrogen-bond acceptors (Lipinski definition) is 2. The average Bonchev–Trinajstić information content (AvgIpc) is 2.49. The SMILES string of the molecule is CCCNC(c1ccc(Br)cc1)c1cc(Br)ccc1OC. The molecular weight excluding hydrogens is 394 g/mol. The number of hydrogen-bond donors (Lipinski definition) is 1. The van der Waals surface area contributed by atoms with Crippen LogP contribution >= 0.6 is 31.9 Å². The van der Waals surface area contributed by atoms with E-state index in [9.17, 15) is 0 Å². The first kappa shape index (κ1) is 16.5. The molecule has 0 bridgehead atoms. The van der Waals surface area contributed by atoms with Gasteiger partial charge < -0.3 is 10.1 Å². The normalized spacial score (nSPS) is 12.2. The summed E-state index contributed by atoms with van der Waals surface area (Å²) in [6.45, 7) is 3.13. The van der Waals surface area contributed by atoms with Crippen LogP contribution in [0.4, 0.5) is 0 Å².